The fourth-order valence-electron chi connectivity index (χ4n) is 1.53. The maximum Gasteiger partial charge on any atom is 0.339 e. The van der Waals surface area contributed by atoms with Gasteiger partial charge in [0, 0.05) is 11.2 Å². The van der Waals surface area contributed by atoms with E-state index >= 15 is 0 Å². The highest BCUT2D eigenvalue weighted by Crippen LogP contribution is 2.22. The van der Waals surface area contributed by atoms with E-state index in [1.807, 2.05) is 20.8 Å². The van der Waals surface area contributed by atoms with E-state index in [-0.39, 0.29) is 22.8 Å². The summed E-state index contributed by atoms with van der Waals surface area (Å²) in [7, 11) is 0. The SMILES string of the molecule is CC(Oc1ccc(N)cc1C(=O)O)C(=O)NC(C)(C)C. The van der Waals surface area contributed by atoms with Gasteiger partial charge in [0.25, 0.3) is 5.91 Å². The van der Waals surface area contributed by atoms with Gasteiger partial charge in [-0.15, -0.1) is 0 Å². The average Bonchev–Trinajstić information content (AvgIpc) is 2.28. The number of nitrogen functional groups attached to an aromatic ring is 1. The number of nitrogens with one attached hydrogen (secondary N) is 1. The second kappa shape index (κ2) is 5.81. The molecule has 0 aliphatic rings. The Balaban J connectivity index is 2.88. The average molecular weight is 280 g/mol. The molecule has 1 unspecified atom stereocenters. The number of carboxylic acids is 1. The Kier molecular flexibility index (Phi) is 4.60. The Labute approximate surface area is 117 Å². The van der Waals surface area contributed by atoms with E-state index in [0.717, 1.165) is 0 Å². The predicted molar refractivity (Wildman–Crippen MR) is 75.8 cm³/mol. The van der Waals surface area contributed by atoms with Gasteiger partial charge in [0.2, 0.25) is 0 Å². The van der Waals surface area contributed by atoms with E-state index in [1.165, 1.54) is 18.2 Å². The van der Waals surface area contributed by atoms with Crippen molar-refractivity contribution in [1.82, 2.24) is 5.32 Å². The molecule has 0 radical (unpaired) electrons. The van der Waals surface area contributed by atoms with Crippen molar-refractivity contribution in [2.75, 3.05) is 5.73 Å². The quantitative estimate of drug-likeness (QED) is 0.728. The molecule has 20 heavy (non-hydrogen) atoms. The van der Waals surface area contributed by atoms with E-state index in [9.17, 15) is 9.59 Å². The maximum atomic E-state index is 11.9. The first-order valence-electron chi connectivity index (χ1n) is 6.21. The molecule has 0 fully saturated rings. The largest absolute Gasteiger partial charge is 0.480 e. The molecule has 0 bridgehead atoms. The first-order valence-corrected chi connectivity index (χ1v) is 6.21. The number of hydrogen-bond acceptors (Lipinski definition) is 4. The third-order valence-electron chi connectivity index (χ3n) is 2.41. The monoisotopic (exact) mass is 280 g/mol. The third-order valence-corrected chi connectivity index (χ3v) is 2.41. The molecule has 1 aromatic carbocycles. The molecule has 0 aromatic heterocycles. The van der Waals surface area contributed by atoms with E-state index < -0.39 is 12.1 Å². The number of nitrogens with two attached hydrogens (primary N) is 1. The van der Waals surface area contributed by atoms with E-state index in [4.69, 9.17) is 15.6 Å². The summed E-state index contributed by atoms with van der Waals surface area (Å²) < 4.78 is 5.42. The number of hydrogen-bond donors (Lipinski definition) is 3. The predicted octanol–water partition coefficient (Wildman–Crippen LogP) is 1.65. The number of rotatable bonds is 4. The van der Waals surface area contributed by atoms with E-state index in [1.54, 1.807) is 6.92 Å². The normalized spacial score (nSPS) is 12.6. The first-order chi connectivity index (χ1) is 9.10. The van der Waals surface area contributed by atoms with Gasteiger partial charge in [-0.25, -0.2) is 4.79 Å². The Hall–Kier alpha value is -2.24. The zero-order chi connectivity index (χ0) is 15.5. The summed E-state index contributed by atoms with van der Waals surface area (Å²) in [6.45, 7) is 7.11. The van der Waals surface area contributed by atoms with E-state index in [0.29, 0.717) is 5.69 Å². The zero-order valence-corrected chi connectivity index (χ0v) is 12.1. The van der Waals surface area contributed by atoms with Crippen molar-refractivity contribution in [2.45, 2.75) is 39.3 Å². The lowest BCUT2D eigenvalue weighted by atomic mass is 10.1. The Morgan fingerprint density at radius 2 is 1.95 bits per heavy atom. The molecule has 6 heteroatoms. The van der Waals surface area contributed by atoms with Gasteiger partial charge < -0.3 is 20.9 Å². The lowest BCUT2D eigenvalue weighted by Gasteiger charge is -2.24. The Morgan fingerprint density at radius 3 is 2.45 bits per heavy atom. The van der Waals surface area contributed by atoms with Gasteiger partial charge in [-0.1, -0.05) is 0 Å². The molecular formula is C14H20N2O4. The second-order valence-electron chi connectivity index (χ2n) is 5.56. The standard InChI is InChI=1S/C14H20N2O4/c1-8(12(17)16-14(2,3)4)20-11-6-5-9(15)7-10(11)13(18)19/h5-8H,15H2,1-4H3,(H,16,17)(H,18,19). The van der Waals surface area contributed by atoms with Crippen molar-refractivity contribution in [1.29, 1.82) is 0 Å². The van der Waals surface area contributed by atoms with Crippen molar-refractivity contribution >= 4 is 17.6 Å². The number of carbonyl (C=O) groups is 2. The lowest BCUT2D eigenvalue weighted by molar-refractivity contribution is -0.128. The topological polar surface area (TPSA) is 102 Å². The number of anilines is 1. The molecule has 0 spiro atoms. The van der Waals surface area contributed by atoms with Crippen molar-refractivity contribution in [3.63, 3.8) is 0 Å². The molecule has 1 aromatic rings. The molecule has 6 nitrogen and oxygen atoms in total. The van der Waals surface area contributed by atoms with Gasteiger partial charge in [-0.3, -0.25) is 4.79 Å². The number of carboxylic acid groups (broad SMARTS) is 1. The highest BCUT2D eigenvalue weighted by atomic mass is 16.5. The van der Waals surface area contributed by atoms with Crippen LogP contribution in [0.2, 0.25) is 0 Å². The molecule has 0 aliphatic heterocycles. The second-order valence-corrected chi connectivity index (χ2v) is 5.56. The van der Waals surface area contributed by atoms with Gasteiger partial charge in [0.05, 0.1) is 0 Å². The van der Waals surface area contributed by atoms with Gasteiger partial charge in [0.15, 0.2) is 6.10 Å². The number of aromatic carboxylic acids is 1. The summed E-state index contributed by atoms with van der Waals surface area (Å²) in [5, 5.41) is 11.9. The van der Waals surface area contributed by atoms with Crippen molar-refractivity contribution in [3.05, 3.63) is 23.8 Å². The summed E-state index contributed by atoms with van der Waals surface area (Å²) in [4.78, 5) is 23.0. The zero-order valence-electron chi connectivity index (χ0n) is 12.1. The van der Waals surface area contributed by atoms with Crippen LogP contribution in [0.15, 0.2) is 18.2 Å². The van der Waals surface area contributed by atoms with Crippen molar-refractivity contribution in [2.24, 2.45) is 0 Å². The van der Waals surface area contributed by atoms with Gasteiger partial charge in [0.1, 0.15) is 11.3 Å². The van der Waals surface area contributed by atoms with Gasteiger partial charge in [-0.05, 0) is 45.9 Å². The Morgan fingerprint density at radius 1 is 1.35 bits per heavy atom. The van der Waals surface area contributed by atoms with Gasteiger partial charge >= 0.3 is 5.97 Å². The molecule has 0 saturated heterocycles. The summed E-state index contributed by atoms with van der Waals surface area (Å²) in [5.74, 6) is -1.36. The number of carbonyl (C=O) groups excluding carboxylic acids is 1. The van der Waals surface area contributed by atoms with Crippen LogP contribution < -0.4 is 15.8 Å². The van der Waals surface area contributed by atoms with Crippen LogP contribution in [0, 0.1) is 0 Å². The molecule has 0 heterocycles. The van der Waals surface area contributed by atoms with Crippen LogP contribution >= 0.6 is 0 Å². The maximum absolute atomic E-state index is 11.9. The van der Waals surface area contributed by atoms with Crippen LogP contribution in [0.3, 0.4) is 0 Å². The minimum absolute atomic E-state index is 0.0691. The summed E-state index contributed by atoms with van der Waals surface area (Å²) in [6.07, 6.45) is -0.809. The molecule has 110 valence electrons. The smallest absolute Gasteiger partial charge is 0.339 e. The Bertz CT molecular complexity index is 520. The number of benzene rings is 1. The fraction of sp³-hybridized carbons (Fsp3) is 0.429. The fourth-order valence-corrected chi connectivity index (χ4v) is 1.53. The lowest BCUT2D eigenvalue weighted by Crippen LogP contribution is -2.46. The number of ether oxygens (including phenoxy) is 1. The van der Waals surface area contributed by atoms with Crippen molar-refractivity contribution in [3.8, 4) is 5.75 Å². The highest BCUT2D eigenvalue weighted by Gasteiger charge is 2.22. The molecule has 0 saturated carbocycles. The summed E-state index contributed by atoms with van der Waals surface area (Å²) in [6, 6.07) is 4.27. The van der Waals surface area contributed by atoms with E-state index in [2.05, 4.69) is 5.32 Å². The minimum atomic E-state index is -1.16. The van der Waals surface area contributed by atoms with Crippen LogP contribution in [-0.4, -0.2) is 28.6 Å². The third kappa shape index (κ3) is 4.46. The van der Waals surface area contributed by atoms with Crippen LogP contribution in [0.5, 0.6) is 5.75 Å². The molecule has 0 aliphatic carbocycles. The molecule has 4 N–H and O–H groups in total. The molecular weight excluding hydrogens is 260 g/mol. The molecule has 1 rings (SSSR count). The van der Waals surface area contributed by atoms with Crippen LogP contribution in [0.1, 0.15) is 38.1 Å². The summed E-state index contributed by atoms with van der Waals surface area (Å²) >= 11 is 0. The first kappa shape index (κ1) is 15.8. The van der Waals surface area contributed by atoms with Crippen LogP contribution in [0.25, 0.3) is 0 Å². The molecule has 1 amide bonds. The summed E-state index contributed by atoms with van der Waals surface area (Å²) in [5.41, 5.74) is 5.41. The van der Waals surface area contributed by atoms with Crippen LogP contribution in [-0.2, 0) is 4.79 Å². The molecule has 1 atom stereocenters. The minimum Gasteiger partial charge on any atom is -0.480 e. The van der Waals surface area contributed by atoms with Gasteiger partial charge in [-0.2, -0.15) is 0 Å². The highest BCUT2D eigenvalue weighted by molar-refractivity contribution is 5.92. The number of amides is 1. The van der Waals surface area contributed by atoms with Crippen molar-refractivity contribution < 1.29 is 19.4 Å². The van der Waals surface area contributed by atoms with Crippen LogP contribution in [0.4, 0.5) is 5.69 Å².